The summed E-state index contributed by atoms with van der Waals surface area (Å²) in [6, 6.07) is 11.4. The molecule has 0 saturated heterocycles. The second-order valence-corrected chi connectivity index (χ2v) is 8.84. The highest BCUT2D eigenvalue weighted by Gasteiger charge is 2.43. The molecule has 6 nitrogen and oxygen atoms in total. The molecule has 7 heteroatoms. The van der Waals surface area contributed by atoms with Crippen LogP contribution in [0.2, 0.25) is 0 Å². The molecule has 1 aliphatic carbocycles. The standard InChI is InChI=1S/C25H30FN3O3/c1-27-24(28-11-8-17-12-19(26)13-18-15-30-16-31-23(17)18)29-21-14-25(9-4-5-10-25)32-22-7-3-2-6-20(21)22/h2-3,6-7,12-13,21H,4-5,8-11,14-16H2,1H3,(H2,27,28,29). The van der Waals surface area contributed by atoms with E-state index in [9.17, 15) is 4.39 Å². The van der Waals surface area contributed by atoms with Crippen molar-refractivity contribution >= 4 is 5.96 Å². The zero-order valence-electron chi connectivity index (χ0n) is 18.5. The summed E-state index contributed by atoms with van der Waals surface area (Å²) in [6.07, 6.45) is 6.17. The maximum Gasteiger partial charge on any atom is 0.191 e. The molecule has 32 heavy (non-hydrogen) atoms. The van der Waals surface area contributed by atoms with Crippen molar-refractivity contribution in [2.75, 3.05) is 20.4 Å². The number of hydrogen-bond donors (Lipinski definition) is 2. The first-order chi connectivity index (χ1) is 15.7. The lowest BCUT2D eigenvalue weighted by atomic mass is 9.86. The number of rotatable bonds is 4. The normalized spacial score (nSPS) is 21.3. The maximum atomic E-state index is 14.0. The van der Waals surface area contributed by atoms with Gasteiger partial charge in [-0.25, -0.2) is 4.39 Å². The van der Waals surface area contributed by atoms with Crippen molar-refractivity contribution < 1.29 is 18.6 Å². The fourth-order valence-electron chi connectivity index (χ4n) is 5.19. The van der Waals surface area contributed by atoms with Crippen LogP contribution in [0.15, 0.2) is 41.4 Å². The van der Waals surface area contributed by atoms with Crippen LogP contribution in [0, 0.1) is 5.82 Å². The second kappa shape index (κ2) is 8.98. The van der Waals surface area contributed by atoms with Crippen LogP contribution < -0.4 is 20.1 Å². The Balaban J connectivity index is 1.26. The van der Waals surface area contributed by atoms with Crippen LogP contribution in [0.1, 0.15) is 54.8 Å². The highest BCUT2D eigenvalue weighted by atomic mass is 19.1. The lowest BCUT2D eigenvalue weighted by molar-refractivity contribution is -0.0172. The molecule has 2 aromatic rings. The smallest absolute Gasteiger partial charge is 0.191 e. The second-order valence-electron chi connectivity index (χ2n) is 8.84. The van der Waals surface area contributed by atoms with Crippen molar-refractivity contribution in [2.24, 2.45) is 4.99 Å². The summed E-state index contributed by atoms with van der Waals surface area (Å²) in [4.78, 5) is 4.43. The van der Waals surface area contributed by atoms with Gasteiger partial charge in [-0.3, -0.25) is 4.99 Å². The van der Waals surface area contributed by atoms with Gasteiger partial charge in [-0.1, -0.05) is 18.2 Å². The minimum atomic E-state index is -0.268. The van der Waals surface area contributed by atoms with E-state index in [2.05, 4.69) is 33.8 Å². The molecule has 2 heterocycles. The zero-order chi connectivity index (χ0) is 22.0. The van der Waals surface area contributed by atoms with E-state index in [4.69, 9.17) is 14.2 Å². The number of halogens is 1. The Bertz CT molecular complexity index is 1000. The van der Waals surface area contributed by atoms with Crippen LogP contribution in [-0.4, -0.2) is 31.9 Å². The van der Waals surface area contributed by atoms with Gasteiger partial charge in [-0.05, 0) is 55.9 Å². The summed E-state index contributed by atoms with van der Waals surface area (Å²) in [5.74, 6) is 2.17. The summed E-state index contributed by atoms with van der Waals surface area (Å²) < 4.78 is 31.4. The first kappa shape index (κ1) is 21.1. The number of guanidine groups is 1. The topological polar surface area (TPSA) is 64.1 Å². The molecule has 2 aromatic carbocycles. The summed E-state index contributed by atoms with van der Waals surface area (Å²) in [5.41, 5.74) is 2.69. The fraction of sp³-hybridized carbons (Fsp3) is 0.480. The van der Waals surface area contributed by atoms with Crippen molar-refractivity contribution in [3.8, 4) is 11.5 Å². The molecule has 1 unspecified atom stereocenters. The molecule has 2 N–H and O–H groups in total. The average molecular weight is 440 g/mol. The third-order valence-electron chi connectivity index (χ3n) is 6.68. The van der Waals surface area contributed by atoms with E-state index >= 15 is 0 Å². The molecule has 5 rings (SSSR count). The predicted octanol–water partition coefficient (Wildman–Crippen LogP) is 4.24. The summed E-state index contributed by atoms with van der Waals surface area (Å²) >= 11 is 0. The van der Waals surface area contributed by atoms with Crippen LogP contribution >= 0.6 is 0 Å². The molecule has 0 bridgehead atoms. The van der Waals surface area contributed by atoms with Crippen LogP contribution in [0.25, 0.3) is 0 Å². The molecule has 0 aromatic heterocycles. The first-order valence-electron chi connectivity index (χ1n) is 11.4. The number of nitrogens with zero attached hydrogens (tertiary/aromatic N) is 1. The number of nitrogens with one attached hydrogen (secondary N) is 2. The lowest BCUT2D eigenvalue weighted by Crippen LogP contribution is -2.47. The lowest BCUT2D eigenvalue weighted by Gasteiger charge is -2.40. The summed E-state index contributed by atoms with van der Waals surface area (Å²) in [7, 11) is 1.77. The predicted molar refractivity (Wildman–Crippen MR) is 121 cm³/mol. The molecule has 1 saturated carbocycles. The third kappa shape index (κ3) is 4.26. The maximum absolute atomic E-state index is 14.0. The molecule has 1 spiro atoms. The van der Waals surface area contributed by atoms with Crippen molar-refractivity contribution in [3.05, 3.63) is 58.9 Å². The molecule has 1 atom stereocenters. The Morgan fingerprint density at radius 1 is 1.22 bits per heavy atom. The van der Waals surface area contributed by atoms with Crippen molar-refractivity contribution in [2.45, 2.75) is 56.8 Å². The SMILES string of the molecule is CN=C(NCCc1cc(F)cc2c1OCOC2)NC1CC2(CCCC2)Oc2ccccc21. The van der Waals surface area contributed by atoms with Crippen LogP contribution in [0.4, 0.5) is 4.39 Å². The highest BCUT2D eigenvalue weighted by molar-refractivity contribution is 5.80. The van der Waals surface area contributed by atoms with E-state index < -0.39 is 0 Å². The quantitative estimate of drug-likeness (QED) is 0.551. The van der Waals surface area contributed by atoms with Gasteiger partial charge in [0, 0.05) is 31.1 Å². The van der Waals surface area contributed by atoms with Crippen molar-refractivity contribution in [1.82, 2.24) is 10.6 Å². The molecule has 170 valence electrons. The Morgan fingerprint density at radius 2 is 2.06 bits per heavy atom. The van der Waals surface area contributed by atoms with Crippen molar-refractivity contribution in [3.63, 3.8) is 0 Å². The van der Waals surface area contributed by atoms with E-state index in [-0.39, 0.29) is 24.3 Å². The summed E-state index contributed by atoms with van der Waals surface area (Å²) in [5, 5.41) is 7.00. The van der Waals surface area contributed by atoms with Gasteiger partial charge in [0.15, 0.2) is 12.8 Å². The van der Waals surface area contributed by atoms with Gasteiger partial charge in [0.1, 0.15) is 22.9 Å². The molecule has 1 fully saturated rings. The number of para-hydroxylation sites is 1. The Morgan fingerprint density at radius 3 is 2.91 bits per heavy atom. The highest BCUT2D eigenvalue weighted by Crippen LogP contribution is 2.47. The van der Waals surface area contributed by atoms with Gasteiger partial charge >= 0.3 is 0 Å². The molecule has 2 aliphatic heterocycles. The number of fused-ring (bicyclic) bond motifs is 2. The van der Waals surface area contributed by atoms with Gasteiger partial charge in [0.05, 0.1) is 12.6 Å². The average Bonchev–Trinajstić information content (AvgIpc) is 3.25. The number of aliphatic imine (C=N–C) groups is 1. The molecular formula is C25H30FN3O3. The molecular weight excluding hydrogens is 409 g/mol. The monoisotopic (exact) mass is 439 g/mol. The first-order valence-corrected chi connectivity index (χ1v) is 11.4. The van der Waals surface area contributed by atoms with Gasteiger partial charge in [-0.15, -0.1) is 0 Å². The minimum Gasteiger partial charge on any atom is -0.487 e. The van der Waals surface area contributed by atoms with Crippen LogP contribution in [-0.2, 0) is 17.8 Å². The van der Waals surface area contributed by atoms with E-state index in [0.717, 1.165) is 47.8 Å². The van der Waals surface area contributed by atoms with Gasteiger partial charge in [0.2, 0.25) is 0 Å². The zero-order valence-corrected chi connectivity index (χ0v) is 18.5. The molecule has 0 radical (unpaired) electrons. The van der Waals surface area contributed by atoms with E-state index in [1.807, 2.05) is 6.07 Å². The van der Waals surface area contributed by atoms with Gasteiger partial charge in [-0.2, -0.15) is 0 Å². The Labute approximate surface area is 188 Å². The molecule has 0 amide bonds. The fourth-order valence-corrected chi connectivity index (χ4v) is 5.19. The van der Waals surface area contributed by atoms with Crippen LogP contribution in [0.5, 0.6) is 11.5 Å². The van der Waals surface area contributed by atoms with Crippen molar-refractivity contribution in [1.29, 1.82) is 0 Å². The Hall–Kier alpha value is -2.80. The van der Waals surface area contributed by atoms with Gasteiger partial charge < -0.3 is 24.8 Å². The van der Waals surface area contributed by atoms with E-state index in [1.165, 1.54) is 24.5 Å². The minimum absolute atomic E-state index is 0.0785. The van der Waals surface area contributed by atoms with Gasteiger partial charge in [0.25, 0.3) is 0 Å². The largest absolute Gasteiger partial charge is 0.487 e. The third-order valence-corrected chi connectivity index (χ3v) is 6.68. The van der Waals surface area contributed by atoms with E-state index in [0.29, 0.717) is 19.6 Å². The number of hydrogen-bond acceptors (Lipinski definition) is 4. The number of ether oxygens (including phenoxy) is 3. The molecule has 3 aliphatic rings. The summed E-state index contributed by atoms with van der Waals surface area (Å²) in [6.45, 7) is 1.19. The van der Waals surface area contributed by atoms with Crippen LogP contribution in [0.3, 0.4) is 0 Å². The Kier molecular flexibility index (Phi) is 5.91. The number of benzene rings is 2. The van der Waals surface area contributed by atoms with E-state index in [1.54, 1.807) is 13.1 Å².